The maximum atomic E-state index is 5.88. The van der Waals surface area contributed by atoms with E-state index in [4.69, 9.17) is 4.74 Å². The maximum absolute atomic E-state index is 5.88. The number of benzene rings is 2. The van der Waals surface area contributed by atoms with Gasteiger partial charge in [-0.15, -0.1) is 0 Å². The predicted molar refractivity (Wildman–Crippen MR) is 106 cm³/mol. The lowest BCUT2D eigenvalue weighted by Crippen LogP contribution is -2.46. The van der Waals surface area contributed by atoms with E-state index in [1.807, 2.05) is 18.2 Å². The van der Waals surface area contributed by atoms with Gasteiger partial charge in [-0.25, -0.2) is 0 Å². The first-order valence-electron chi connectivity index (χ1n) is 9.81. The average molecular weight is 351 g/mol. The number of nitrogens with one attached hydrogen (secondary N) is 2. The summed E-state index contributed by atoms with van der Waals surface area (Å²) in [5.41, 5.74) is 2.63. The Kier molecular flexibility index (Phi) is 5.85. The van der Waals surface area contributed by atoms with Crippen molar-refractivity contribution in [3.05, 3.63) is 65.7 Å². The van der Waals surface area contributed by atoms with Crippen molar-refractivity contribution in [2.75, 3.05) is 39.3 Å². The van der Waals surface area contributed by atoms with E-state index in [9.17, 15) is 0 Å². The first-order chi connectivity index (χ1) is 12.9. The molecule has 4 rings (SSSR count). The minimum Gasteiger partial charge on any atom is -0.489 e. The van der Waals surface area contributed by atoms with Gasteiger partial charge in [-0.05, 0) is 29.7 Å². The van der Waals surface area contributed by atoms with Crippen molar-refractivity contribution >= 4 is 0 Å². The van der Waals surface area contributed by atoms with Crippen LogP contribution < -0.4 is 15.4 Å². The second-order valence-corrected chi connectivity index (χ2v) is 7.34. The van der Waals surface area contributed by atoms with Gasteiger partial charge in [0.15, 0.2) is 0 Å². The molecule has 4 heteroatoms. The van der Waals surface area contributed by atoms with Gasteiger partial charge >= 0.3 is 0 Å². The normalized spacial score (nSPS) is 22.9. The SMILES string of the molecule is c1ccc(COc2ccc(C3CC3NCCN3CCNCC3)cc2)cc1. The van der Waals surface area contributed by atoms with Crippen LogP contribution in [0.1, 0.15) is 23.5 Å². The number of hydrogen-bond acceptors (Lipinski definition) is 4. The fraction of sp³-hybridized carbons (Fsp3) is 0.455. The van der Waals surface area contributed by atoms with Gasteiger partial charge in [0.25, 0.3) is 0 Å². The van der Waals surface area contributed by atoms with Gasteiger partial charge < -0.3 is 15.4 Å². The molecule has 0 radical (unpaired) electrons. The van der Waals surface area contributed by atoms with E-state index in [0.717, 1.165) is 31.9 Å². The molecular formula is C22H29N3O. The molecule has 0 spiro atoms. The smallest absolute Gasteiger partial charge is 0.119 e. The van der Waals surface area contributed by atoms with Crippen LogP contribution in [0, 0.1) is 0 Å². The molecule has 2 aromatic rings. The van der Waals surface area contributed by atoms with Crippen molar-refractivity contribution in [1.29, 1.82) is 0 Å². The number of ether oxygens (including phenoxy) is 1. The molecule has 1 saturated carbocycles. The second kappa shape index (κ2) is 8.67. The van der Waals surface area contributed by atoms with Crippen LogP contribution in [0.4, 0.5) is 0 Å². The lowest BCUT2D eigenvalue weighted by Gasteiger charge is -2.27. The molecule has 0 amide bonds. The molecule has 1 aliphatic heterocycles. The molecule has 1 saturated heterocycles. The third-order valence-electron chi connectivity index (χ3n) is 5.39. The first kappa shape index (κ1) is 17.5. The molecule has 2 fully saturated rings. The largest absolute Gasteiger partial charge is 0.489 e. The predicted octanol–water partition coefficient (Wildman–Crippen LogP) is 2.62. The average Bonchev–Trinajstić information content (AvgIpc) is 3.48. The zero-order chi connectivity index (χ0) is 17.6. The Balaban J connectivity index is 1.18. The molecule has 4 nitrogen and oxygen atoms in total. The highest BCUT2D eigenvalue weighted by Gasteiger charge is 2.37. The molecule has 1 heterocycles. The third kappa shape index (κ3) is 4.85. The van der Waals surface area contributed by atoms with E-state index >= 15 is 0 Å². The van der Waals surface area contributed by atoms with E-state index in [2.05, 4.69) is 51.9 Å². The van der Waals surface area contributed by atoms with E-state index in [1.165, 1.54) is 30.6 Å². The minimum atomic E-state index is 0.625. The lowest BCUT2D eigenvalue weighted by molar-refractivity contribution is 0.241. The van der Waals surface area contributed by atoms with Gasteiger partial charge in [-0.1, -0.05) is 42.5 Å². The Labute approximate surface area is 156 Å². The summed E-state index contributed by atoms with van der Waals surface area (Å²) >= 11 is 0. The number of hydrogen-bond donors (Lipinski definition) is 2. The fourth-order valence-corrected chi connectivity index (χ4v) is 3.68. The van der Waals surface area contributed by atoms with Gasteiger partial charge in [0, 0.05) is 51.2 Å². The summed E-state index contributed by atoms with van der Waals surface area (Å²) in [5.74, 6) is 1.61. The van der Waals surface area contributed by atoms with Crippen LogP contribution in [0.25, 0.3) is 0 Å². The number of piperazine rings is 1. The highest BCUT2D eigenvalue weighted by molar-refractivity contribution is 5.34. The molecule has 2 N–H and O–H groups in total. The molecule has 138 valence electrons. The van der Waals surface area contributed by atoms with Crippen LogP contribution >= 0.6 is 0 Å². The number of rotatable bonds is 8. The van der Waals surface area contributed by atoms with Crippen LogP contribution in [0.5, 0.6) is 5.75 Å². The van der Waals surface area contributed by atoms with Gasteiger partial charge in [0.05, 0.1) is 0 Å². The van der Waals surface area contributed by atoms with Gasteiger partial charge in [0.2, 0.25) is 0 Å². The number of nitrogens with zero attached hydrogens (tertiary/aromatic N) is 1. The van der Waals surface area contributed by atoms with Crippen LogP contribution in [0.2, 0.25) is 0 Å². The Hall–Kier alpha value is -1.88. The highest BCUT2D eigenvalue weighted by Crippen LogP contribution is 2.41. The topological polar surface area (TPSA) is 36.5 Å². The summed E-state index contributed by atoms with van der Waals surface area (Å²) in [6, 6.07) is 19.6. The summed E-state index contributed by atoms with van der Waals surface area (Å²) in [7, 11) is 0. The van der Waals surface area contributed by atoms with Crippen molar-refractivity contribution in [1.82, 2.24) is 15.5 Å². The Morgan fingerprint density at radius 2 is 1.77 bits per heavy atom. The Morgan fingerprint density at radius 3 is 2.54 bits per heavy atom. The minimum absolute atomic E-state index is 0.625. The molecule has 0 bridgehead atoms. The van der Waals surface area contributed by atoms with Crippen molar-refractivity contribution in [2.24, 2.45) is 0 Å². The maximum Gasteiger partial charge on any atom is 0.119 e. The van der Waals surface area contributed by atoms with Gasteiger partial charge in [0.1, 0.15) is 12.4 Å². The molecule has 2 aromatic carbocycles. The van der Waals surface area contributed by atoms with Crippen LogP contribution in [0.3, 0.4) is 0 Å². The molecule has 2 aliphatic rings. The zero-order valence-corrected chi connectivity index (χ0v) is 15.4. The summed E-state index contributed by atoms with van der Waals surface area (Å²) in [5, 5.41) is 7.13. The van der Waals surface area contributed by atoms with E-state index in [-0.39, 0.29) is 0 Å². The van der Waals surface area contributed by atoms with Crippen LogP contribution in [-0.4, -0.2) is 50.2 Å². The molecule has 1 aliphatic carbocycles. The van der Waals surface area contributed by atoms with E-state index < -0.39 is 0 Å². The standard InChI is InChI=1S/C22H29N3O/c1-2-4-18(5-3-1)17-26-20-8-6-19(7-9-20)21-16-22(21)24-12-15-25-13-10-23-11-14-25/h1-9,21-24H,10-17H2. The highest BCUT2D eigenvalue weighted by atomic mass is 16.5. The van der Waals surface area contributed by atoms with Gasteiger partial charge in [-0.3, -0.25) is 4.90 Å². The quantitative estimate of drug-likeness (QED) is 0.767. The van der Waals surface area contributed by atoms with Crippen molar-refractivity contribution < 1.29 is 4.74 Å². The van der Waals surface area contributed by atoms with Crippen molar-refractivity contribution in [2.45, 2.75) is 25.0 Å². The van der Waals surface area contributed by atoms with Crippen molar-refractivity contribution in [3.63, 3.8) is 0 Å². The monoisotopic (exact) mass is 351 g/mol. The molecule has 2 unspecified atom stereocenters. The fourth-order valence-electron chi connectivity index (χ4n) is 3.68. The summed E-state index contributed by atoms with van der Waals surface area (Å²) in [4.78, 5) is 2.54. The first-order valence-corrected chi connectivity index (χ1v) is 9.81. The van der Waals surface area contributed by atoms with Crippen molar-refractivity contribution in [3.8, 4) is 5.75 Å². The summed E-state index contributed by atoms with van der Waals surface area (Å²) < 4.78 is 5.88. The van der Waals surface area contributed by atoms with Crippen LogP contribution in [-0.2, 0) is 6.61 Å². The molecule has 2 atom stereocenters. The summed E-state index contributed by atoms with van der Waals surface area (Å²) in [6.07, 6.45) is 1.26. The zero-order valence-electron chi connectivity index (χ0n) is 15.4. The molecule has 26 heavy (non-hydrogen) atoms. The molecule has 0 aromatic heterocycles. The Bertz CT molecular complexity index is 668. The van der Waals surface area contributed by atoms with Gasteiger partial charge in [-0.2, -0.15) is 0 Å². The second-order valence-electron chi connectivity index (χ2n) is 7.34. The van der Waals surface area contributed by atoms with E-state index in [0.29, 0.717) is 18.6 Å². The summed E-state index contributed by atoms with van der Waals surface area (Å²) in [6.45, 7) is 7.51. The Morgan fingerprint density at radius 1 is 1.00 bits per heavy atom. The lowest BCUT2D eigenvalue weighted by atomic mass is 10.1. The molecular weight excluding hydrogens is 322 g/mol. The third-order valence-corrected chi connectivity index (χ3v) is 5.39. The van der Waals surface area contributed by atoms with Crippen LogP contribution in [0.15, 0.2) is 54.6 Å². The van der Waals surface area contributed by atoms with E-state index in [1.54, 1.807) is 0 Å².